The molecule has 0 N–H and O–H groups in total. The van der Waals surface area contributed by atoms with Gasteiger partial charge in [0.05, 0.1) is 25.6 Å². The molecule has 0 aliphatic heterocycles. The SMILES string of the molecule is CCCCCCCCCCCCCCCCOC(=O)C1CC=CCC1C(=O)OC. The van der Waals surface area contributed by atoms with Crippen LogP contribution in [0.4, 0.5) is 0 Å². The molecule has 0 amide bonds. The lowest BCUT2D eigenvalue weighted by Gasteiger charge is -2.24. The van der Waals surface area contributed by atoms with Crippen molar-refractivity contribution >= 4 is 11.9 Å². The number of rotatable bonds is 17. The number of unbranched alkanes of at least 4 members (excludes halogenated alkanes) is 13. The molecule has 0 saturated heterocycles. The minimum atomic E-state index is -0.395. The summed E-state index contributed by atoms with van der Waals surface area (Å²) >= 11 is 0. The van der Waals surface area contributed by atoms with E-state index < -0.39 is 5.92 Å². The van der Waals surface area contributed by atoms with Gasteiger partial charge in [0, 0.05) is 0 Å². The smallest absolute Gasteiger partial charge is 0.310 e. The van der Waals surface area contributed by atoms with E-state index in [1.807, 2.05) is 12.2 Å². The van der Waals surface area contributed by atoms with Crippen LogP contribution in [0.25, 0.3) is 0 Å². The predicted octanol–water partition coefficient (Wildman–Crippen LogP) is 6.77. The van der Waals surface area contributed by atoms with Crippen LogP contribution in [0.1, 0.15) is 110 Å². The van der Waals surface area contributed by atoms with E-state index >= 15 is 0 Å². The summed E-state index contributed by atoms with van der Waals surface area (Å²) in [5.74, 6) is -1.35. The average molecular weight is 409 g/mol. The van der Waals surface area contributed by atoms with Gasteiger partial charge in [-0.3, -0.25) is 9.59 Å². The lowest BCUT2D eigenvalue weighted by molar-refractivity contribution is -0.159. The van der Waals surface area contributed by atoms with Crippen molar-refractivity contribution in [2.45, 2.75) is 110 Å². The molecular formula is C25H44O4. The van der Waals surface area contributed by atoms with Crippen LogP contribution >= 0.6 is 0 Å². The molecule has 4 heteroatoms. The second kappa shape index (κ2) is 17.5. The van der Waals surface area contributed by atoms with E-state index in [2.05, 4.69) is 6.92 Å². The Morgan fingerprint density at radius 1 is 0.690 bits per heavy atom. The molecule has 0 spiro atoms. The number of ether oxygens (including phenoxy) is 2. The van der Waals surface area contributed by atoms with E-state index in [1.54, 1.807) is 0 Å². The van der Waals surface area contributed by atoms with Crippen LogP contribution in [-0.2, 0) is 19.1 Å². The third-order valence-corrected chi connectivity index (χ3v) is 5.98. The number of esters is 2. The van der Waals surface area contributed by atoms with Crippen molar-refractivity contribution in [3.63, 3.8) is 0 Å². The van der Waals surface area contributed by atoms with E-state index in [0.29, 0.717) is 19.4 Å². The molecule has 0 fully saturated rings. The number of methoxy groups -OCH3 is 1. The first-order valence-electron chi connectivity index (χ1n) is 12.1. The highest BCUT2D eigenvalue weighted by Crippen LogP contribution is 2.28. The highest BCUT2D eigenvalue weighted by Gasteiger charge is 2.35. The molecule has 2 unspecified atom stereocenters. The molecule has 0 radical (unpaired) electrons. The highest BCUT2D eigenvalue weighted by atomic mass is 16.5. The molecule has 0 aromatic heterocycles. The standard InChI is InChI=1S/C25H44O4/c1-3-4-5-6-7-8-9-10-11-12-13-14-15-18-21-29-25(27)23-20-17-16-19-22(23)24(26)28-2/h16-17,22-23H,3-15,18-21H2,1-2H3. The first-order valence-corrected chi connectivity index (χ1v) is 12.1. The molecule has 0 saturated carbocycles. The van der Waals surface area contributed by atoms with E-state index in [-0.39, 0.29) is 17.9 Å². The maximum Gasteiger partial charge on any atom is 0.310 e. The van der Waals surface area contributed by atoms with E-state index in [9.17, 15) is 9.59 Å². The fourth-order valence-corrected chi connectivity index (χ4v) is 4.06. The maximum atomic E-state index is 12.3. The Balaban J connectivity index is 1.93. The monoisotopic (exact) mass is 408 g/mol. The lowest BCUT2D eigenvalue weighted by atomic mass is 9.83. The van der Waals surface area contributed by atoms with Gasteiger partial charge in [-0.2, -0.15) is 0 Å². The summed E-state index contributed by atoms with van der Waals surface area (Å²) < 4.78 is 10.3. The lowest BCUT2D eigenvalue weighted by Crippen LogP contribution is -2.33. The normalized spacial score (nSPS) is 18.6. The second-order valence-electron chi connectivity index (χ2n) is 8.44. The molecule has 0 aromatic rings. The van der Waals surface area contributed by atoms with Crippen molar-refractivity contribution in [3.05, 3.63) is 12.2 Å². The molecule has 0 heterocycles. The first-order chi connectivity index (χ1) is 14.2. The number of allylic oxidation sites excluding steroid dienone is 2. The fourth-order valence-electron chi connectivity index (χ4n) is 4.06. The van der Waals surface area contributed by atoms with Gasteiger partial charge in [-0.05, 0) is 19.3 Å². The Morgan fingerprint density at radius 2 is 1.10 bits per heavy atom. The molecule has 1 aliphatic rings. The minimum Gasteiger partial charge on any atom is -0.469 e. The summed E-state index contributed by atoms with van der Waals surface area (Å²) in [6, 6.07) is 0. The first kappa shape index (κ1) is 25.7. The van der Waals surface area contributed by atoms with Crippen LogP contribution in [0.3, 0.4) is 0 Å². The number of carbonyl (C=O) groups is 2. The molecule has 29 heavy (non-hydrogen) atoms. The van der Waals surface area contributed by atoms with Gasteiger partial charge in [0.2, 0.25) is 0 Å². The molecule has 4 nitrogen and oxygen atoms in total. The minimum absolute atomic E-state index is 0.251. The Hall–Kier alpha value is -1.32. The Morgan fingerprint density at radius 3 is 1.55 bits per heavy atom. The molecule has 1 rings (SSSR count). The average Bonchev–Trinajstić information content (AvgIpc) is 2.75. The molecular weight excluding hydrogens is 364 g/mol. The summed E-state index contributed by atoms with van der Waals surface area (Å²) in [5.41, 5.74) is 0. The number of hydrogen-bond donors (Lipinski definition) is 0. The zero-order valence-corrected chi connectivity index (χ0v) is 19.0. The quantitative estimate of drug-likeness (QED) is 0.151. The van der Waals surface area contributed by atoms with Crippen molar-refractivity contribution < 1.29 is 19.1 Å². The molecule has 0 bridgehead atoms. The molecule has 1 aliphatic carbocycles. The fraction of sp³-hybridized carbons (Fsp3) is 0.840. The number of hydrogen-bond acceptors (Lipinski definition) is 4. The summed E-state index contributed by atoms with van der Waals surface area (Å²) in [6.07, 6.45) is 23.4. The van der Waals surface area contributed by atoms with Gasteiger partial charge in [-0.15, -0.1) is 0 Å². The van der Waals surface area contributed by atoms with Crippen molar-refractivity contribution in [1.82, 2.24) is 0 Å². The predicted molar refractivity (Wildman–Crippen MR) is 119 cm³/mol. The van der Waals surface area contributed by atoms with Crippen LogP contribution in [-0.4, -0.2) is 25.7 Å². The number of carbonyl (C=O) groups excluding carboxylic acids is 2. The third kappa shape index (κ3) is 12.1. The van der Waals surface area contributed by atoms with Crippen molar-refractivity contribution in [2.75, 3.05) is 13.7 Å². The van der Waals surface area contributed by atoms with Gasteiger partial charge in [-0.25, -0.2) is 0 Å². The van der Waals surface area contributed by atoms with Crippen molar-refractivity contribution in [1.29, 1.82) is 0 Å². The topological polar surface area (TPSA) is 52.6 Å². The molecule has 0 aromatic carbocycles. The van der Waals surface area contributed by atoms with Crippen LogP contribution in [0.5, 0.6) is 0 Å². The summed E-state index contributed by atoms with van der Waals surface area (Å²) in [5, 5.41) is 0. The Bertz CT molecular complexity index is 458. The highest BCUT2D eigenvalue weighted by molar-refractivity contribution is 5.82. The zero-order valence-electron chi connectivity index (χ0n) is 19.0. The van der Waals surface area contributed by atoms with Crippen molar-refractivity contribution in [2.24, 2.45) is 11.8 Å². The Kier molecular flexibility index (Phi) is 15.5. The Labute approximate surface area is 178 Å². The van der Waals surface area contributed by atoms with Gasteiger partial charge >= 0.3 is 11.9 Å². The van der Waals surface area contributed by atoms with Crippen molar-refractivity contribution in [3.8, 4) is 0 Å². The molecule has 168 valence electrons. The van der Waals surface area contributed by atoms with Gasteiger partial charge in [0.25, 0.3) is 0 Å². The summed E-state index contributed by atoms with van der Waals surface area (Å²) in [6.45, 7) is 2.73. The van der Waals surface area contributed by atoms with Gasteiger partial charge < -0.3 is 9.47 Å². The van der Waals surface area contributed by atoms with Gasteiger partial charge in [-0.1, -0.05) is 103 Å². The molecule has 2 atom stereocenters. The van der Waals surface area contributed by atoms with E-state index in [4.69, 9.17) is 9.47 Å². The van der Waals surface area contributed by atoms with Crippen LogP contribution in [0.2, 0.25) is 0 Å². The van der Waals surface area contributed by atoms with E-state index in [1.165, 1.54) is 84.2 Å². The summed E-state index contributed by atoms with van der Waals surface area (Å²) in [7, 11) is 1.37. The second-order valence-corrected chi connectivity index (χ2v) is 8.44. The van der Waals surface area contributed by atoms with Crippen LogP contribution in [0.15, 0.2) is 12.2 Å². The van der Waals surface area contributed by atoms with Crippen LogP contribution in [0, 0.1) is 11.8 Å². The van der Waals surface area contributed by atoms with E-state index in [0.717, 1.165) is 12.8 Å². The largest absolute Gasteiger partial charge is 0.469 e. The summed E-state index contributed by atoms with van der Waals surface area (Å²) in [4.78, 5) is 24.1. The third-order valence-electron chi connectivity index (χ3n) is 5.98. The zero-order chi connectivity index (χ0) is 21.2. The van der Waals surface area contributed by atoms with Gasteiger partial charge in [0.15, 0.2) is 0 Å². The van der Waals surface area contributed by atoms with Crippen LogP contribution < -0.4 is 0 Å². The maximum absolute atomic E-state index is 12.3. The van der Waals surface area contributed by atoms with Gasteiger partial charge in [0.1, 0.15) is 0 Å².